The molecule has 1 N–H and O–H groups in total. The second-order valence-electron chi connectivity index (χ2n) is 4.92. The highest BCUT2D eigenvalue weighted by Crippen LogP contribution is 2.22. The van der Waals surface area contributed by atoms with Crippen molar-refractivity contribution in [3.05, 3.63) is 29.8 Å². The largest absolute Gasteiger partial charge is 0.394 e. The maximum absolute atomic E-state index is 12.4. The first kappa shape index (κ1) is 15.6. The van der Waals surface area contributed by atoms with Gasteiger partial charge in [-0.2, -0.15) is 9.57 Å². The van der Waals surface area contributed by atoms with E-state index in [0.29, 0.717) is 0 Å². The number of likely N-dealkylation sites (N-methyl/N-ethyl adjacent to an activating group) is 1. The van der Waals surface area contributed by atoms with Crippen LogP contribution in [0.5, 0.6) is 0 Å². The molecular weight excluding hydrogens is 264 g/mol. The minimum absolute atomic E-state index is 0.151. The first-order chi connectivity index (χ1) is 8.75. The Labute approximate surface area is 114 Å². The summed E-state index contributed by atoms with van der Waals surface area (Å²) in [6, 6.07) is 8.20. The Hall–Kier alpha value is -1.42. The molecule has 0 aliphatic carbocycles. The van der Waals surface area contributed by atoms with E-state index in [-0.39, 0.29) is 17.9 Å². The van der Waals surface area contributed by atoms with Gasteiger partial charge in [-0.05, 0) is 31.5 Å². The maximum atomic E-state index is 12.4. The summed E-state index contributed by atoms with van der Waals surface area (Å²) < 4.78 is 25.9. The molecule has 19 heavy (non-hydrogen) atoms. The lowest BCUT2D eigenvalue weighted by Crippen LogP contribution is -2.47. The molecule has 1 aromatic carbocycles. The van der Waals surface area contributed by atoms with Gasteiger partial charge < -0.3 is 5.11 Å². The third kappa shape index (κ3) is 3.32. The first-order valence-corrected chi connectivity index (χ1v) is 7.25. The molecule has 0 saturated heterocycles. The predicted octanol–water partition coefficient (Wildman–Crippen LogP) is 1.14. The van der Waals surface area contributed by atoms with Crippen molar-refractivity contribution < 1.29 is 13.5 Å². The fourth-order valence-electron chi connectivity index (χ4n) is 1.45. The van der Waals surface area contributed by atoms with Gasteiger partial charge in [0.25, 0.3) is 0 Å². The SMILES string of the molecule is CN(C(C)(C)CO)S(=O)(=O)c1ccc(CC#N)cc1. The molecule has 0 amide bonds. The lowest BCUT2D eigenvalue weighted by molar-refractivity contribution is 0.138. The van der Waals surface area contributed by atoms with Crippen molar-refractivity contribution in [1.82, 2.24) is 4.31 Å². The average molecular weight is 282 g/mol. The Morgan fingerprint density at radius 2 is 1.84 bits per heavy atom. The second-order valence-corrected chi connectivity index (χ2v) is 6.89. The normalized spacial score (nSPS) is 12.4. The van der Waals surface area contributed by atoms with Crippen LogP contribution in [-0.4, -0.2) is 37.0 Å². The van der Waals surface area contributed by atoms with E-state index >= 15 is 0 Å². The Morgan fingerprint density at radius 1 is 1.32 bits per heavy atom. The molecule has 1 rings (SSSR count). The molecule has 0 atom stereocenters. The number of sulfonamides is 1. The fraction of sp³-hybridized carbons (Fsp3) is 0.462. The van der Waals surface area contributed by atoms with Gasteiger partial charge in [0, 0.05) is 7.05 Å². The summed E-state index contributed by atoms with van der Waals surface area (Å²) in [5, 5.41) is 17.8. The fourth-order valence-corrected chi connectivity index (χ4v) is 2.96. The molecule has 6 heteroatoms. The number of benzene rings is 1. The van der Waals surface area contributed by atoms with Gasteiger partial charge in [0.15, 0.2) is 0 Å². The Bertz CT molecular complexity index is 571. The molecule has 0 heterocycles. The molecule has 0 aliphatic heterocycles. The predicted molar refractivity (Wildman–Crippen MR) is 71.9 cm³/mol. The zero-order valence-corrected chi connectivity index (χ0v) is 12.1. The second kappa shape index (κ2) is 5.70. The molecule has 0 radical (unpaired) electrons. The number of aliphatic hydroxyl groups excluding tert-OH is 1. The number of nitrogens with zero attached hydrogens (tertiary/aromatic N) is 2. The van der Waals surface area contributed by atoms with Gasteiger partial charge in [-0.15, -0.1) is 0 Å². The van der Waals surface area contributed by atoms with Crippen molar-refractivity contribution in [2.75, 3.05) is 13.7 Å². The minimum Gasteiger partial charge on any atom is -0.394 e. The van der Waals surface area contributed by atoms with E-state index in [9.17, 15) is 13.5 Å². The van der Waals surface area contributed by atoms with Crippen molar-refractivity contribution in [1.29, 1.82) is 5.26 Å². The highest BCUT2D eigenvalue weighted by Gasteiger charge is 2.33. The summed E-state index contributed by atoms with van der Waals surface area (Å²) >= 11 is 0. The Kier molecular flexibility index (Phi) is 4.69. The number of rotatable bonds is 5. The van der Waals surface area contributed by atoms with Crippen LogP contribution in [0.1, 0.15) is 19.4 Å². The van der Waals surface area contributed by atoms with E-state index < -0.39 is 15.6 Å². The third-order valence-electron chi connectivity index (χ3n) is 3.10. The zero-order valence-electron chi connectivity index (χ0n) is 11.3. The van der Waals surface area contributed by atoms with Gasteiger partial charge >= 0.3 is 0 Å². The minimum atomic E-state index is -3.65. The van der Waals surface area contributed by atoms with E-state index in [4.69, 9.17) is 5.26 Å². The molecule has 1 aromatic rings. The molecule has 0 unspecified atom stereocenters. The number of nitriles is 1. The van der Waals surface area contributed by atoms with Crippen molar-refractivity contribution in [2.24, 2.45) is 0 Å². The van der Waals surface area contributed by atoms with Crippen LogP contribution in [0.25, 0.3) is 0 Å². The number of hydrogen-bond donors (Lipinski definition) is 1. The molecule has 104 valence electrons. The van der Waals surface area contributed by atoms with Crippen LogP contribution in [0.2, 0.25) is 0 Å². The number of hydrogen-bond acceptors (Lipinski definition) is 4. The van der Waals surface area contributed by atoms with Crippen LogP contribution < -0.4 is 0 Å². The van der Waals surface area contributed by atoms with Crippen molar-refractivity contribution in [3.8, 4) is 6.07 Å². The molecular formula is C13H18N2O3S. The van der Waals surface area contributed by atoms with E-state index in [1.807, 2.05) is 6.07 Å². The maximum Gasteiger partial charge on any atom is 0.243 e. The molecule has 0 saturated carbocycles. The lowest BCUT2D eigenvalue weighted by atomic mass is 10.1. The summed E-state index contributed by atoms with van der Waals surface area (Å²) in [5.41, 5.74) is -0.102. The lowest BCUT2D eigenvalue weighted by Gasteiger charge is -2.32. The summed E-state index contributed by atoms with van der Waals surface area (Å²) in [6.45, 7) is 3.03. The van der Waals surface area contributed by atoms with Crippen molar-refractivity contribution in [2.45, 2.75) is 30.7 Å². The van der Waals surface area contributed by atoms with Crippen LogP contribution in [0, 0.1) is 11.3 Å². The van der Waals surface area contributed by atoms with Crippen LogP contribution in [0.3, 0.4) is 0 Å². The topological polar surface area (TPSA) is 81.4 Å². The molecule has 0 fully saturated rings. The third-order valence-corrected chi connectivity index (χ3v) is 5.19. The van der Waals surface area contributed by atoms with Gasteiger partial charge in [0.2, 0.25) is 10.0 Å². The molecule has 5 nitrogen and oxygen atoms in total. The quantitative estimate of drug-likeness (QED) is 0.878. The molecule has 0 spiro atoms. The van der Waals surface area contributed by atoms with E-state index in [1.165, 1.54) is 19.2 Å². The average Bonchev–Trinajstić information content (AvgIpc) is 2.39. The van der Waals surface area contributed by atoms with Crippen molar-refractivity contribution in [3.63, 3.8) is 0 Å². The van der Waals surface area contributed by atoms with Gasteiger partial charge in [0.1, 0.15) is 0 Å². The van der Waals surface area contributed by atoms with E-state index in [1.54, 1.807) is 26.0 Å². The first-order valence-electron chi connectivity index (χ1n) is 5.81. The van der Waals surface area contributed by atoms with Crippen molar-refractivity contribution >= 4 is 10.0 Å². The van der Waals surface area contributed by atoms with Gasteiger partial charge in [-0.3, -0.25) is 0 Å². The molecule has 0 bridgehead atoms. The van der Waals surface area contributed by atoms with Gasteiger partial charge in [-0.25, -0.2) is 8.42 Å². The van der Waals surface area contributed by atoms with Gasteiger partial charge in [-0.1, -0.05) is 12.1 Å². The molecule has 0 aliphatic rings. The summed E-state index contributed by atoms with van der Waals surface area (Å²) in [6.07, 6.45) is 0.248. The zero-order chi connectivity index (χ0) is 14.7. The number of aliphatic hydroxyl groups is 1. The van der Waals surface area contributed by atoms with Crippen LogP contribution in [-0.2, 0) is 16.4 Å². The monoisotopic (exact) mass is 282 g/mol. The van der Waals surface area contributed by atoms with Crippen LogP contribution in [0.4, 0.5) is 0 Å². The Balaban J connectivity index is 3.11. The van der Waals surface area contributed by atoms with Crippen LogP contribution in [0.15, 0.2) is 29.2 Å². The van der Waals surface area contributed by atoms with E-state index in [2.05, 4.69) is 0 Å². The standard InChI is InChI=1S/C13H18N2O3S/c1-13(2,10-16)15(3)19(17,18)12-6-4-11(5-7-12)8-9-14/h4-7,16H,8,10H2,1-3H3. The summed E-state index contributed by atoms with van der Waals surface area (Å²) in [7, 11) is -2.21. The summed E-state index contributed by atoms with van der Waals surface area (Å²) in [5.74, 6) is 0. The van der Waals surface area contributed by atoms with Gasteiger partial charge in [0.05, 0.1) is 29.5 Å². The van der Waals surface area contributed by atoms with E-state index in [0.717, 1.165) is 9.87 Å². The molecule has 0 aromatic heterocycles. The Morgan fingerprint density at radius 3 is 2.26 bits per heavy atom. The smallest absolute Gasteiger partial charge is 0.243 e. The highest BCUT2D eigenvalue weighted by molar-refractivity contribution is 7.89. The van der Waals surface area contributed by atoms with Crippen LogP contribution >= 0.6 is 0 Å². The highest BCUT2D eigenvalue weighted by atomic mass is 32.2. The summed E-state index contributed by atoms with van der Waals surface area (Å²) in [4.78, 5) is 0.151.